The molecule has 2 aliphatic rings. The van der Waals surface area contributed by atoms with Crippen molar-refractivity contribution in [3.8, 4) is 0 Å². The zero-order valence-corrected chi connectivity index (χ0v) is 15.6. The van der Waals surface area contributed by atoms with E-state index in [9.17, 15) is 14.7 Å². The van der Waals surface area contributed by atoms with Crippen LogP contribution in [0.15, 0.2) is 24.5 Å². The fourth-order valence-corrected chi connectivity index (χ4v) is 3.60. The first-order chi connectivity index (χ1) is 13.2. The first kappa shape index (κ1) is 19.8. The lowest BCUT2D eigenvalue weighted by Gasteiger charge is -2.37. The van der Waals surface area contributed by atoms with Crippen LogP contribution in [0.4, 0.5) is 0 Å². The maximum absolute atomic E-state index is 12.1. The summed E-state index contributed by atoms with van der Waals surface area (Å²) in [4.78, 5) is 28.1. The second-order valence-corrected chi connectivity index (χ2v) is 7.47. The number of aromatic nitrogens is 1. The van der Waals surface area contributed by atoms with Gasteiger partial charge < -0.3 is 20.5 Å². The van der Waals surface area contributed by atoms with Gasteiger partial charge in [0.2, 0.25) is 11.8 Å². The lowest BCUT2D eigenvalue weighted by Crippen LogP contribution is -2.53. The Labute approximate surface area is 159 Å². The summed E-state index contributed by atoms with van der Waals surface area (Å²) in [7, 11) is 0. The Morgan fingerprint density at radius 3 is 2.63 bits per heavy atom. The smallest absolute Gasteiger partial charge is 0.224 e. The van der Waals surface area contributed by atoms with Gasteiger partial charge in [0.25, 0.3) is 0 Å². The van der Waals surface area contributed by atoms with Crippen molar-refractivity contribution in [1.29, 1.82) is 0 Å². The number of aliphatic hydroxyl groups is 1. The first-order valence-electron chi connectivity index (χ1n) is 9.88. The van der Waals surface area contributed by atoms with Gasteiger partial charge in [-0.2, -0.15) is 0 Å². The molecule has 1 saturated carbocycles. The van der Waals surface area contributed by atoms with Crippen molar-refractivity contribution in [2.45, 2.75) is 63.2 Å². The summed E-state index contributed by atoms with van der Waals surface area (Å²) >= 11 is 0. The van der Waals surface area contributed by atoms with Crippen molar-refractivity contribution in [3.05, 3.63) is 30.1 Å². The largest absolute Gasteiger partial charge is 0.394 e. The summed E-state index contributed by atoms with van der Waals surface area (Å²) in [5, 5.41) is 15.6. The Morgan fingerprint density at radius 2 is 1.96 bits per heavy atom. The number of amides is 2. The van der Waals surface area contributed by atoms with Gasteiger partial charge in [-0.3, -0.25) is 14.6 Å². The number of pyridine rings is 1. The van der Waals surface area contributed by atoms with Crippen molar-refractivity contribution >= 4 is 11.8 Å². The summed E-state index contributed by atoms with van der Waals surface area (Å²) < 4.78 is 5.96. The molecule has 1 aliphatic heterocycles. The van der Waals surface area contributed by atoms with Crippen molar-refractivity contribution in [2.75, 3.05) is 13.2 Å². The molecule has 1 aliphatic carbocycles. The van der Waals surface area contributed by atoms with E-state index in [4.69, 9.17) is 4.74 Å². The molecule has 1 aromatic heterocycles. The molecule has 0 aromatic carbocycles. The lowest BCUT2D eigenvalue weighted by molar-refractivity contribution is -0.134. The van der Waals surface area contributed by atoms with E-state index in [0.717, 1.165) is 37.7 Å². The van der Waals surface area contributed by atoms with Crippen LogP contribution in [0, 0.1) is 5.92 Å². The van der Waals surface area contributed by atoms with Crippen LogP contribution < -0.4 is 10.6 Å². The third-order valence-corrected chi connectivity index (χ3v) is 5.50. The predicted octanol–water partition coefficient (Wildman–Crippen LogP) is 0.955. The number of carbonyl (C=O) groups is 2. The standard InChI is InChI=1S/C20H29N3O4/c24-13-18-17(23-20(26)15-2-1-3-15)5-4-16(27-18)8-11-22-19(25)12-14-6-9-21-10-7-14/h6-7,9-10,15-18,24H,1-5,8,11-13H2,(H,22,25)(H,23,26)/t16-,17+,18-/m0/s1. The summed E-state index contributed by atoms with van der Waals surface area (Å²) in [6.45, 7) is 0.423. The van der Waals surface area contributed by atoms with E-state index in [1.54, 1.807) is 12.4 Å². The molecule has 2 amide bonds. The van der Waals surface area contributed by atoms with E-state index < -0.39 is 0 Å². The quantitative estimate of drug-likeness (QED) is 0.628. The van der Waals surface area contributed by atoms with Gasteiger partial charge in [0.1, 0.15) is 6.10 Å². The van der Waals surface area contributed by atoms with Gasteiger partial charge in [0.05, 0.1) is 25.2 Å². The van der Waals surface area contributed by atoms with E-state index >= 15 is 0 Å². The molecule has 2 heterocycles. The van der Waals surface area contributed by atoms with Gasteiger partial charge in [0.15, 0.2) is 0 Å². The van der Waals surface area contributed by atoms with E-state index in [-0.39, 0.29) is 42.6 Å². The zero-order chi connectivity index (χ0) is 19.1. The second-order valence-electron chi connectivity index (χ2n) is 7.47. The summed E-state index contributed by atoms with van der Waals surface area (Å²) in [5.41, 5.74) is 0.932. The van der Waals surface area contributed by atoms with Crippen LogP contribution in [0.1, 0.15) is 44.1 Å². The van der Waals surface area contributed by atoms with Crippen molar-refractivity contribution in [1.82, 2.24) is 15.6 Å². The molecule has 1 aromatic rings. The van der Waals surface area contributed by atoms with Gasteiger partial charge in [-0.15, -0.1) is 0 Å². The van der Waals surface area contributed by atoms with Crippen LogP contribution in [0.25, 0.3) is 0 Å². The topological polar surface area (TPSA) is 101 Å². The Bertz CT molecular complexity index is 621. The first-order valence-corrected chi connectivity index (χ1v) is 9.88. The number of carbonyl (C=O) groups excluding carboxylic acids is 2. The third-order valence-electron chi connectivity index (χ3n) is 5.50. The van der Waals surface area contributed by atoms with Gasteiger partial charge in [-0.25, -0.2) is 0 Å². The number of ether oxygens (including phenoxy) is 1. The molecule has 0 bridgehead atoms. The van der Waals surface area contributed by atoms with E-state index in [1.165, 1.54) is 0 Å². The molecule has 0 radical (unpaired) electrons. The molecule has 3 N–H and O–H groups in total. The number of hydrogen-bond acceptors (Lipinski definition) is 5. The lowest BCUT2D eigenvalue weighted by atomic mass is 9.84. The predicted molar refractivity (Wildman–Crippen MR) is 99.8 cm³/mol. The summed E-state index contributed by atoms with van der Waals surface area (Å²) in [6, 6.07) is 3.53. The van der Waals surface area contributed by atoms with Gasteiger partial charge in [-0.1, -0.05) is 6.42 Å². The highest BCUT2D eigenvalue weighted by molar-refractivity contribution is 5.79. The highest BCUT2D eigenvalue weighted by atomic mass is 16.5. The molecule has 0 unspecified atom stereocenters. The molecule has 3 atom stereocenters. The minimum Gasteiger partial charge on any atom is -0.394 e. The monoisotopic (exact) mass is 375 g/mol. The Kier molecular flexibility index (Phi) is 7.18. The normalized spacial score (nSPS) is 25.4. The molecular weight excluding hydrogens is 346 g/mol. The van der Waals surface area contributed by atoms with Crippen molar-refractivity contribution in [3.63, 3.8) is 0 Å². The number of nitrogens with one attached hydrogen (secondary N) is 2. The Hall–Kier alpha value is -1.99. The minimum atomic E-state index is -0.375. The highest BCUT2D eigenvalue weighted by Gasteiger charge is 2.34. The van der Waals surface area contributed by atoms with Gasteiger partial charge in [-0.05, 0) is 49.8 Å². The average Bonchev–Trinajstić information content (AvgIpc) is 2.62. The van der Waals surface area contributed by atoms with Crippen LogP contribution in [0.5, 0.6) is 0 Å². The Morgan fingerprint density at radius 1 is 1.19 bits per heavy atom. The van der Waals surface area contributed by atoms with Crippen LogP contribution >= 0.6 is 0 Å². The average molecular weight is 375 g/mol. The molecule has 27 heavy (non-hydrogen) atoms. The maximum atomic E-state index is 12.1. The molecule has 3 rings (SSSR count). The Balaban J connectivity index is 1.36. The number of rotatable bonds is 8. The van der Waals surface area contributed by atoms with Crippen molar-refractivity contribution < 1.29 is 19.4 Å². The summed E-state index contributed by atoms with van der Waals surface area (Å²) in [6.07, 6.45) is 8.64. The zero-order valence-electron chi connectivity index (χ0n) is 15.6. The fraction of sp³-hybridized carbons (Fsp3) is 0.650. The van der Waals surface area contributed by atoms with E-state index in [2.05, 4.69) is 15.6 Å². The number of hydrogen-bond donors (Lipinski definition) is 3. The van der Waals surface area contributed by atoms with Crippen LogP contribution in [-0.4, -0.2) is 53.3 Å². The molecule has 148 valence electrons. The minimum absolute atomic E-state index is 0.0137. The molecular formula is C20H29N3O4. The molecule has 2 fully saturated rings. The van der Waals surface area contributed by atoms with Crippen LogP contribution in [0.3, 0.4) is 0 Å². The van der Waals surface area contributed by atoms with Crippen LogP contribution in [-0.2, 0) is 20.7 Å². The third kappa shape index (κ3) is 5.74. The molecule has 0 spiro atoms. The number of aliphatic hydroxyl groups excluding tert-OH is 1. The van der Waals surface area contributed by atoms with E-state index in [1.807, 2.05) is 12.1 Å². The molecule has 7 heteroatoms. The molecule has 1 saturated heterocycles. The van der Waals surface area contributed by atoms with Gasteiger partial charge >= 0.3 is 0 Å². The number of nitrogens with zero attached hydrogens (tertiary/aromatic N) is 1. The van der Waals surface area contributed by atoms with Crippen LogP contribution in [0.2, 0.25) is 0 Å². The van der Waals surface area contributed by atoms with E-state index in [0.29, 0.717) is 19.4 Å². The maximum Gasteiger partial charge on any atom is 0.224 e. The summed E-state index contributed by atoms with van der Waals surface area (Å²) in [5.74, 6) is 0.203. The van der Waals surface area contributed by atoms with Crippen molar-refractivity contribution in [2.24, 2.45) is 5.92 Å². The highest BCUT2D eigenvalue weighted by Crippen LogP contribution is 2.28. The molecule has 7 nitrogen and oxygen atoms in total. The second kappa shape index (κ2) is 9.80. The fourth-order valence-electron chi connectivity index (χ4n) is 3.60. The van der Waals surface area contributed by atoms with Gasteiger partial charge in [0, 0.05) is 24.9 Å². The SMILES string of the molecule is O=C(Cc1ccncc1)NCC[C@@H]1CC[C@@H](NC(=O)C2CCC2)[C@H](CO)O1.